The Bertz CT molecular complexity index is 959. The highest BCUT2D eigenvalue weighted by molar-refractivity contribution is 5.79. The number of imidazole rings is 1. The molecule has 0 bridgehead atoms. The van der Waals surface area contributed by atoms with Crippen molar-refractivity contribution in [2.75, 3.05) is 6.54 Å². The van der Waals surface area contributed by atoms with E-state index >= 15 is 0 Å². The zero-order valence-corrected chi connectivity index (χ0v) is 16.7. The summed E-state index contributed by atoms with van der Waals surface area (Å²) in [6.07, 6.45) is -2.43. The zero-order valence-electron chi connectivity index (χ0n) is 16.7. The van der Waals surface area contributed by atoms with E-state index in [-0.39, 0.29) is 25.7 Å². The highest BCUT2D eigenvalue weighted by Crippen LogP contribution is 2.41. The minimum absolute atomic E-state index is 0.0583. The van der Waals surface area contributed by atoms with E-state index in [0.29, 0.717) is 29.9 Å². The Balaban J connectivity index is 1.49. The summed E-state index contributed by atoms with van der Waals surface area (Å²) >= 11 is 0. The molecule has 3 N–H and O–H groups in total. The van der Waals surface area contributed by atoms with Gasteiger partial charge < -0.3 is 11.1 Å². The fourth-order valence-electron chi connectivity index (χ4n) is 4.55. The van der Waals surface area contributed by atoms with Crippen LogP contribution in [0, 0.1) is 17.8 Å². The number of rotatable bonds is 4. The molecule has 0 aromatic carbocycles. The molecule has 6 nitrogen and oxygen atoms in total. The number of hydrogen-bond donors (Lipinski definition) is 2. The molecule has 1 saturated carbocycles. The highest BCUT2D eigenvalue weighted by Gasteiger charge is 2.44. The molecule has 4 atom stereocenters. The van der Waals surface area contributed by atoms with Crippen LogP contribution in [0.3, 0.4) is 0 Å². The minimum Gasteiger partial charge on any atom is -0.355 e. The summed E-state index contributed by atoms with van der Waals surface area (Å²) in [5.41, 5.74) is 7.56. The summed E-state index contributed by atoms with van der Waals surface area (Å²) in [5.74, 6) is -5.95. The maximum Gasteiger partial charge on any atom is 0.393 e. The first-order chi connectivity index (χ1) is 14.5. The molecular weight excluding hydrogens is 421 g/mol. The summed E-state index contributed by atoms with van der Waals surface area (Å²) in [6, 6.07) is 2.58. The van der Waals surface area contributed by atoms with E-state index in [9.17, 15) is 26.7 Å². The van der Waals surface area contributed by atoms with Gasteiger partial charge in [-0.05, 0) is 37.3 Å². The number of nitrogens with zero attached hydrogens (tertiary/aromatic N) is 3. The number of aromatic nitrogens is 3. The molecule has 2 aliphatic rings. The smallest absolute Gasteiger partial charge is 0.355 e. The van der Waals surface area contributed by atoms with Gasteiger partial charge >= 0.3 is 6.18 Å². The Morgan fingerprint density at radius 2 is 2.10 bits per heavy atom. The Labute approximate surface area is 175 Å². The van der Waals surface area contributed by atoms with Gasteiger partial charge in [0.2, 0.25) is 11.8 Å². The van der Waals surface area contributed by atoms with Gasteiger partial charge in [-0.15, -0.1) is 0 Å². The molecule has 2 aromatic heterocycles. The normalized spacial score (nSPS) is 27.8. The molecule has 2 fully saturated rings. The lowest BCUT2D eigenvalue weighted by Gasteiger charge is -2.31. The molecule has 0 spiro atoms. The summed E-state index contributed by atoms with van der Waals surface area (Å²) in [4.78, 5) is 16.4. The van der Waals surface area contributed by atoms with Gasteiger partial charge in [-0.25, -0.2) is 18.3 Å². The quantitative estimate of drug-likeness (QED) is 0.707. The fraction of sp³-hybridized carbons (Fsp3) is 0.650. The number of hydrogen-bond acceptors (Lipinski definition) is 4. The first kappa shape index (κ1) is 21.9. The van der Waals surface area contributed by atoms with Gasteiger partial charge in [0.05, 0.1) is 29.5 Å². The first-order valence-electron chi connectivity index (χ1n) is 10.3. The van der Waals surface area contributed by atoms with Crippen molar-refractivity contribution in [1.29, 1.82) is 0 Å². The number of nitrogens with two attached hydrogens (primary N) is 1. The SMILES string of the molecule is NC(c1cn2nc(CC3C[C@H](C(F)(F)F)CNC3=O)ccc2n1)[C@H]1CCCC(F)(F)C1. The second kappa shape index (κ2) is 7.99. The second-order valence-electron chi connectivity index (χ2n) is 8.65. The van der Waals surface area contributed by atoms with Gasteiger partial charge in [0, 0.05) is 31.7 Å². The summed E-state index contributed by atoms with van der Waals surface area (Å²) in [6.45, 7) is -0.408. The highest BCUT2D eigenvalue weighted by atomic mass is 19.4. The number of fused-ring (bicyclic) bond motifs is 1. The van der Waals surface area contributed by atoms with E-state index in [1.165, 1.54) is 4.52 Å². The largest absolute Gasteiger partial charge is 0.393 e. The number of carbonyl (C=O) groups is 1. The Morgan fingerprint density at radius 3 is 2.81 bits per heavy atom. The lowest BCUT2D eigenvalue weighted by molar-refractivity contribution is -0.183. The molecule has 2 unspecified atom stereocenters. The van der Waals surface area contributed by atoms with Crippen molar-refractivity contribution in [3.63, 3.8) is 0 Å². The van der Waals surface area contributed by atoms with Gasteiger partial charge in [-0.2, -0.15) is 18.3 Å². The van der Waals surface area contributed by atoms with Crippen LogP contribution in [0.15, 0.2) is 18.3 Å². The Kier molecular flexibility index (Phi) is 5.65. The van der Waals surface area contributed by atoms with Crippen LogP contribution in [0.5, 0.6) is 0 Å². The van der Waals surface area contributed by atoms with Gasteiger partial charge in [-0.1, -0.05) is 0 Å². The lowest BCUT2D eigenvalue weighted by atomic mass is 9.81. The van der Waals surface area contributed by atoms with Crippen LogP contribution in [0.1, 0.15) is 49.5 Å². The topological polar surface area (TPSA) is 85.3 Å². The minimum atomic E-state index is -4.37. The number of alkyl halides is 5. The second-order valence-corrected chi connectivity index (χ2v) is 8.65. The molecular formula is C20H24F5N5O. The molecule has 2 aromatic rings. The molecule has 1 amide bonds. The maximum atomic E-state index is 13.7. The molecule has 1 aliphatic heterocycles. The maximum absolute atomic E-state index is 13.7. The van der Waals surface area contributed by atoms with Crippen LogP contribution in [0.25, 0.3) is 5.65 Å². The number of amides is 1. The molecule has 3 heterocycles. The van der Waals surface area contributed by atoms with E-state index in [1.54, 1.807) is 18.3 Å². The van der Waals surface area contributed by atoms with Crippen molar-refractivity contribution in [2.24, 2.45) is 23.5 Å². The number of piperidine rings is 1. The van der Waals surface area contributed by atoms with Gasteiger partial charge in [0.15, 0.2) is 5.65 Å². The predicted octanol–water partition coefficient (Wildman–Crippen LogP) is 3.41. The van der Waals surface area contributed by atoms with Crippen LogP contribution in [-0.4, -0.2) is 39.1 Å². The third-order valence-electron chi connectivity index (χ3n) is 6.30. The average Bonchev–Trinajstić information content (AvgIpc) is 3.11. The Hall–Kier alpha value is -2.30. The molecule has 0 radical (unpaired) electrons. The average molecular weight is 445 g/mol. The van der Waals surface area contributed by atoms with Crippen molar-refractivity contribution in [3.05, 3.63) is 29.7 Å². The van der Waals surface area contributed by atoms with Gasteiger partial charge in [-0.3, -0.25) is 4.79 Å². The first-order valence-corrected chi connectivity index (χ1v) is 10.3. The molecule has 11 heteroatoms. The summed E-state index contributed by atoms with van der Waals surface area (Å²) in [5, 5.41) is 6.68. The van der Waals surface area contributed by atoms with Crippen LogP contribution >= 0.6 is 0 Å². The molecule has 170 valence electrons. The molecule has 1 aliphatic carbocycles. The summed E-state index contributed by atoms with van der Waals surface area (Å²) in [7, 11) is 0. The van der Waals surface area contributed by atoms with E-state index in [0.717, 1.165) is 0 Å². The van der Waals surface area contributed by atoms with Crippen LogP contribution in [0.2, 0.25) is 0 Å². The molecule has 4 rings (SSSR count). The summed E-state index contributed by atoms with van der Waals surface area (Å²) < 4.78 is 68.0. The number of carbonyl (C=O) groups excluding carboxylic acids is 1. The lowest BCUT2D eigenvalue weighted by Crippen LogP contribution is -2.47. The monoisotopic (exact) mass is 445 g/mol. The molecule has 31 heavy (non-hydrogen) atoms. The van der Waals surface area contributed by atoms with Crippen molar-refractivity contribution in [1.82, 2.24) is 19.9 Å². The third-order valence-corrected chi connectivity index (χ3v) is 6.30. The number of nitrogens with one attached hydrogen (secondary N) is 1. The fourth-order valence-corrected chi connectivity index (χ4v) is 4.55. The van der Waals surface area contributed by atoms with Crippen molar-refractivity contribution >= 4 is 11.6 Å². The van der Waals surface area contributed by atoms with Crippen molar-refractivity contribution < 1.29 is 26.7 Å². The van der Waals surface area contributed by atoms with E-state index in [2.05, 4.69) is 15.4 Å². The predicted molar refractivity (Wildman–Crippen MR) is 101 cm³/mol. The van der Waals surface area contributed by atoms with Gasteiger partial charge in [0.1, 0.15) is 0 Å². The van der Waals surface area contributed by atoms with Crippen molar-refractivity contribution in [2.45, 2.75) is 56.7 Å². The standard InChI is InChI=1S/C20H24F5N5O/c21-19(22)5-1-2-11(8-19)17(26)15-10-30-16(28-15)4-3-14(29-30)7-12-6-13(20(23,24)25)9-27-18(12)31/h3-4,10-13,17H,1-2,5-9,26H2,(H,27,31)/t11-,12?,13-,17?/m0/s1. The third kappa shape index (κ3) is 4.81. The number of halogens is 5. The zero-order chi connectivity index (χ0) is 22.4. The van der Waals surface area contributed by atoms with Crippen LogP contribution < -0.4 is 11.1 Å². The van der Waals surface area contributed by atoms with E-state index in [4.69, 9.17) is 5.73 Å². The van der Waals surface area contributed by atoms with Crippen molar-refractivity contribution in [3.8, 4) is 0 Å². The van der Waals surface area contributed by atoms with E-state index < -0.39 is 48.3 Å². The van der Waals surface area contributed by atoms with Crippen LogP contribution in [-0.2, 0) is 11.2 Å². The van der Waals surface area contributed by atoms with Gasteiger partial charge in [0.25, 0.3) is 0 Å². The molecule has 1 saturated heterocycles. The van der Waals surface area contributed by atoms with Crippen LogP contribution in [0.4, 0.5) is 22.0 Å². The Morgan fingerprint density at radius 1 is 1.32 bits per heavy atom. The van der Waals surface area contributed by atoms with E-state index in [1.807, 2.05) is 0 Å².